The SMILES string of the molecule is CCCCCOC(=O)CCCC(=O)OCC(F)(F)F. The van der Waals surface area contributed by atoms with E-state index in [1.807, 2.05) is 6.92 Å². The number of hydrogen-bond acceptors (Lipinski definition) is 4. The number of esters is 2. The largest absolute Gasteiger partial charge is 0.466 e. The molecule has 0 aromatic carbocycles. The zero-order chi connectivity index (χ0) is 14.7. The fourth-order valence-electron chi connectivity index (χ4n) is 1.22. The van der Waals surface area contributed by atoms with Crippen LogP contribution in [-0.4, -0.2) is 31.3 Å². The molecule has 0 spiro atoms. The van der Waals surface area contributed by atoms with Crippen molar-refractivity contribution in [3.63, 3.8) is 0 Å². The van der Waals surface area contributed by atoms with Crippen molar-refractivity contribution in [3.8, 4) is 0 Å². The van der Waals surface area contributed by atoms with E-state index in [4.69, 9.17) is 4.74 Å². The molecule has 4 nitrogen and oxygen atoms in total. The highest BCUT2D eigenvalue weighted by Gasteiger charge is 2.29. The highest BCUT2D eigenvalue weighted by Crippen LogP contribution is 2.15. The number of alkyl halides is 3. The van der Waals surface area contributed by atoms with Crippen LogP contribution in [0.1, 0.15) is 45.4 Å². The van der Waals surface area contributed by atoms with Crippen LogP contribution in [0.25, 0.3) is 0 Å². The first-order valence-corrected chi connectivity index (χ1v) is 6.23. The second-order valence-electron chi connectivity index (χ2n) is 4.06. The van der Waals surface area contributed by atoms with Crippen molar-refractivity contribution in [2.45, 2.75) is 51.6 Å². The Morgan fingerprint density at radius 1 is 0.947 bits per heavy atom. The van der Waals surface area contributed by atoms with Gasteiger partial charge in [0.15, 0.2) is 6.61 Å². The predicted molar refractivity (Wildman–Crippen MR) is 61.3 cm³/mol. The smallest absolute Gasteiger partial charge is 0.422 e. The Kier molecular flexibility index (Phi) is 8.99. The van der Waals surface area contributed by atoms with Gasteiger partial charge in [0, 0.05) is 12.8 Å². The summed E-state index contributed by atoms with van der Waals surface area (Å²) in [7, 11) is 0. The summed E-state index contributed by atoms with van der Waals surface area (Å²) in [5, 5.41) is 0. The van der Waals surface area contributed by atoms with E-state index in [-0.39, 0.29) is 19.3 Å². The molecule has 0 bridgehead atoms. The molecule has 0 fully saturated rings. The number of carbonyl (C=O) groups is 2. The Hall–Kier alpha value is -1.27. The first-order valence-electron chi connectivity index (χ1n) is 6.23. The van der Waals surface area contributed by atoms with Crippen molar-refractivity contribution in [1.82, 2.24) is 0 Å². The summed E-state index contributed by atoms with van der Waals surface area (Å²) in [5.41, 5.74) is 0. The minimum Gasteiger partial charge on any atom is -0.466 e. The summed E-state index contributed by atoms with van der Waals surface area (Å²) in [6.07, 6.45) is -1.83. The lowest BCUT2D eigenvalue weighted by atomic mass is 10.2. The van der Waals surface area contributed by atoms with Crippen LogP contribution in [0.3, 0.4) is 0 Å². The van der Waals surface area contributed by atoms with Gasteiger partial charge in [-0.3, -0.25) is 9.59 Å². The molecule has 0 aliphatic carbocycles. The summed E-state index contributed by atoms with van der Waals surface area (Å²) in [6, 6.07) is 0. The minimum absolute atomic E-state index is 0.00719. The molecule has 0 aliphatic heterocycles. The van der Waals surface area contributed by atoms with E-state index in [0.717, 1.165) is 19.3 Å². The molecular formula is C12H19F3O4. The molecule has 112 valence electrons. The topological polar surface area (TPSA) is 52.6 Å². The van der Waals surface area contributed by atoms with Gasteiger partial charge in [0.05, 0.1) is 6.61 Å². The Labute approximate surface area is 110 Å². The molecule has 0 aliphatic rings. The zero-order valence-electron chi connectivity index (χ0n) is 10.9. The standard InChI is InChI=1S/C12H19F3O4/c1-2-3-4-8-18-10(16)6-5-7-11(17)19-9-12(13,14)15/h2-9H2,1H3. The molecule has 7 heteroatoms. The Balaban J connectivity index is 3.51. The van der Waals surface area contributed by atoms with E-state index in [9.17, 15) is 22.8 Å². The molecule has 0 N–H and O–H groups in total. The maximum atomic E-state index is 11.7. The Morgan fingerprint density at radius 3 is 2.05 bits per heavy atom. The van der Waals surface area contributed by atoms with Gasteiger partial charge >= 0.3 is 18.1 Å². The van der Waals surface area contributed by atoms with Crippen molar-refractivity contribution in [1.29, 1.82) is 0 Å². The van der Waals surface area contributed by atoms with Gasteiger partial charge in [-0.15, -0.1) is 0 Å². The summed E-state index contributed by atoms with van der Waals surface area (Å²) in [5.74, 6) is -1.41. The van der Waals surface area contributed by atoms with Gasteiger partial charge in [-0.25, -0.2) is 0 Å². The van der Waals surface area contributed by atoms with Crippen LogP contribution in [0.2, 0.25) is 0 Å². The van der Waals surface area contributed by atoms with E-state index < -0.39 is 24.7 Å². The second kappa shape index (κ2) is 9.63. The number of carbonyl (C=O) groups excluding carboxylic acids is 2. The molecule has 0 aromatic heterocycles. The van der Waals surface area contributed by atoms with Crippen LogP contribution < -0.4 is 0 Å². The van der Waals surface area contributed by atoms with Gasteiger partial charge in [-0.05, 0) is 12.8 Å². The van der Waals surface area contributed by atoms with Gasteiger partial charge in [0.1, 0.15) is 0 Å². The zero-order valence-corrected chi connectivity index (χ0v) is 10.9. The summed E-state index contributed by atoms with van der Waals surface area (Å²) < 4.78 is 44.0. The van der Waals surface area contributed by atoms with E-state index in [2.05, 4.69) is 4.74 Å². The molecule has 0 radical (unpaired) electrons. The maximum absolute atomic E-state index is 11.7. The number of unbranched alkanes of at least 4 members (excludes halogenated alkanes) is 2. The highest BCUT2D eigenvalue weighted by atomic mass is 19.4. The first-order chi connectivity index (χ1) is 8.85. The van der Waals surface area contributed by atoms with Gasteiger partial charge in [0.25, 0.3) is 0 Å². The molecule has 0 aromatic rings. The average Bonchev–Trinajstić information content (AvgIpc) is 2.31. The van der Waals surface area contributed by atoms with Crippen LogP contribution in [-0.2, 0) is 19.1 Å². The van der Waals surface area contributed by atoms with E-state index >= 15 is 0 Å². The molecule has 0 heterocycles. The van der Waals surface area contributed by atoms with Crippen molar-refractivity contribution >= 4 is 11.9 Å². The quantitative estimate of drug-likeness (QED) is 0.482. The number of ether oxygens (including phenoxy) is 2. The van der Waals surface area contributed by atoms with Crippen LogP contribution in [0.15, 0.2) is 0 Å². The Morgan fingerprint density at radius 2 is 1.53 bits per heavy atom. The summed E-state index contributed by atoms with van der Waals surface area (Å²) >= 11 is 0. The van der Waals surface area contributed by atoms with E-state index in [1.54, 1.807) is 0 Å². The predicted octanol–water partition coefficient (Wildman–Crippen LogP) is 3.00. The van der Waals surface area contributed by atoms with Crippen LogP contribution in [0.4, 0.5) is 13.2 Å². The fourth-order valence-corrected chi connectivity index (χ4v) is 1.22. The average molecular weight is 284 g/mol. The van der Waals surface area contributed by atoms with Crippen molar-refractivity contribution in [3.05, 3.63) is 0 Å². The molecule has 0 unspecified atom stereocenters. The van der Waals surface area contributed by atoms with Crippen molar-refractivity contribution in [2.75, 3.05) is 13.2 Å². The third-order valence-electron chi connectivity index (χ3n) is 2.17. The van der Waals surface area contributed by atoms with E-state index in [0.29, 0.717) is 6.61 Å². The lowest BCUT2D eigenvalue weighted by molar-refractivity contribution is -0.186. The number of halogens is 3. The molecule has 0 rings (SSSR count). The number of hydrogen-bond donors (Lipinski definition) is 0. The molecular weight excluding hydrogens is 265 g/mol. The molecule has 0 saturated carbocycles. The van der Waals surface area contributed by atoms with Gasteiger partial charge in [-0.1, -0.05) is 19.8 Å². The minimum atomic E-state index is -4.52. The lowest BCUT2D eigenvalue weighted by Gasteiger charge is -2.07. The third-order valence-corrected chi connectivity index (χ3v) is 2.17. The van der Waals surface area contributed by atoms with Gasteiger partial charge in [0.2, 0.25) is 0 Å². The van der Waals surface area contributed by atoms with Crippen LogP contribution in [0, 0.1) is 0 Å². The molecule has 19 heavy (non-hydrogen) atoms. The maximum Gasteiger partial charge on any atom is 0.422 e. The monoisotopic (exact) mass is 284 g/mol. The highest BCUT2D eigenvalue weighted by molar-refractivity contribution is 5.72. The van der Waals surface area contributed by atoms with Crippen molar-refractivity contribution in [2.24, 2.45) is 0 Å². The number of rotatable bonds is 9. The first kappa shape index (κ1) is 17.7. The van der Waals surface area contributed by atoms with Crippen LogP contribution in [0.5, 0.6) is 0 Å². The lowest BCUT2D eigenvalue weighted by Crippen LogP contribution is -2.20. The summed E-state index contributed by atoms with van der Waals surface area (Å²) in [6.45, 7) is 0.771. The van der Waals surface area contributed by atoms with E-state index in [1.165, 1.54) is 0 Å². The molecule has 0 amide bonds. The normalized spacial score (nSPS) is 11.2. The van der Waals surface area contributed by atoms with Crippen LogP contribution >= 0.6 is 0 Å². The molecule has 0 atom stereocenters. The van der Waals surface area contributed by atoms with Gasteiger partial charge < -0.3 is 9.47 Å². The molecule has 0 saturated heterocycles. The second-order valence-corrected chi connectivity index (χ2v) is 4.06. The van der Waals surface area contributed by atoms with Gasteiger partial charge in [-0.2, -0.15) is 13.2 Å². The summed E-state index contributed by atoms with van der Waals surface area (Å²) in [4.78, 5) is 22.0. The van der Waals surface area contributed by atoms with Crippen molar-refractivity contribution < 1.29 is 32.2 Å². The third kappa shape index (κ3) is 13.0. The fraction of sp³-hybridized carbons (Fsp3) is 0.833. The Bertz CT molecular complexity index is 277.